The van der Waals surface area contributed by atoms with Crippen LogP contribution in [0.2, 0.25) is 0 Å². The Morgan fingerprint density at radius 1 is 1.53 bits per heavy atom. The molecular formula is C12H11BrN4OS. The molecule has 1 atom stereocenters. The van der Waals surface area contributed by atoms with Gasteiger partial charge in [-0.2, -0.15) is 15.4 Å². The molecule has 19 heavy (non-hydrogen) atoms. The first-order chi connectivity index (χ1) is 9.24. The number of halogens is 1. The first-order valence-electron chi connectivity index (χ1n) is 5.83. The predicted molar refractivity (Wildman–Crippen MR) is 76.1 cm³/mol. The fourth-order valence-electron chi connectivity index (χ4n) is 2.06. The number of fused-ring (bicyclic) bond motifs is 1. The number of carbonyl (C=O) groups excluding carboxylic acids is 1. The van der Waals surface area contributed by atoms with E-state index in [9.17, 15) is 4.79 Å². The van der Waals surface area contributed by atoms with Crippen LogP contribution in [0.4, 0.5) is 0 Å². The molecule has 5 nitrogen and oxygen atoms in total. The summed E-state index contributed by atoms with van der Waals surface area (Å²) in [5, 5.41) is 12.9. The number of nitrogens with zero attached hydrogens (tertiary/aromatic N) is 2. The number of aromatic amines is 1. The number of nitrogens with one attached hydrogen (secondary N) is 2. The number of aromatic nitrogens is 3. The van der Waals surface area contributed by atoms with Gasteiger partial charge in [0.1, 0.15) is 0 Å². The third-order valence-corrected chi connectivity index (χ3v) is 4.58. The molecule has 7 heteroatoms. The van der Waals surface area contributed by atoms with Crippen molar-refractivity contribution in [3.05, 3.63) is 40.1 Å². The lowest BCUT2D eigenvalue weighted by molar-refractivity contribution is 0.0930. The molecule has 98 valence electrons. The second kappa shape index (κ2) is 5.34. The lowest BCUT2D eigenvalue weighted by atomic mass is 10.0. The molecule has 0 fully saturated rings. The van der Waals surface area contributed by atoms with Crippen molar-refractivity contribution >= 4 is 33.6 Å². The molecule has 3 rings (SSSR count). The topological polar surface area (TPSA) is 70.7 Å². The molecule has 2 N–H and O–H groups in total. The Morgan fingerprint density at radius 3 is 3.21 bits per heavy atom. The molecule has 2 aromatic rings. The van der Waals surface area contributed by atoms with Gasteiger partial charge in [0.05, 0.1) is 12.2 Å². The van der Waals surface area contributed by atoms with Gasteiger partial charge in [0, 0.05) is 15.1 Å². The average molecular weight is 339 g/mol. The maximum atomic E-state index is 12.0. The van der Waals surface area contributed by atoms with Crippen molar-refractivity contribution in [1.29, 1.82) is 0 Å². The fourth-order valence-corrected chi connectivity index (χ4v) is 3.54. The summed E-state index contributed by atoms with van der Waals surface area (Å²) in [6.45, 7) is 0. The molecule has 1 aliphatic heterocycles. The second-order valence-electron chi connectivity index (χ2n) is 4.20. The van der Waals surface area contributed by atoms with Crippen LogP contribution in [0.1, 0.15) is 28.5 Å². The normalized spacial score (nSPS) is 17.8. The van der Waals surface area contributed by atoms with Crippen LogP contribution >= 0.6 is 27.7 Å². The summed E-state index contributed by atoms with van der Waals surface area (Å²) < 4.78 is 1.02. The zero-order valence-electron chi connectivity index (χ0n) is 9.89. The van der Waals surface area contributed by atoms with Crippen LogP contribution in [-0.4, -0.2) is 27.1 Å². The number of benzene rings is 1. The van der Waals surface area contributed by atoms with Crippen LogP contribution in [0.25, 0.3) is 0 Å². The number of H-pyrrole nitrogens is 1. The molecule has 0 bridgehead atoms. The van der Waals surface area contributed by atoms with Gasteiger partial charge >= 0.3 is 0 Å². The van der Waals surface area contributed by atoms with Gasteiger partial charge < -0.3 is 5.32 Å². The van der Waals surface area contributed by atoms with E-state index in [-0.39, 0.29) is 11.9 Å². The van der Waals surface area contributed by atoms with E-state index in [4.69, 9.17) is 0 Å². The van der Waals surface area contributed by atoms with Crippen LogP contribution < -0.4 is 5.32 Å². The third kappa shape index (κ3) is 2.66. The molecule has 2 heterocycles. The molecule has 1 aromatic carbocycles. The van der Waals surface area contributed by atoms with Gasteiger partial charge in [-0.05, 0) is 30.2 Å². The summed E-state index contributed by atoms with van der Waals surface area (Å²) in [5.41, 5.74) is 1.47. The summed E-state index contributed by atoms with van der Waals surface area (Å²) in [5.74, 6) is 0.801. The van der Waals surface area contributed by atoms with Crippen LogP contribution in [0, 0.1) is 0 Å². The van der Waals surface area contributed by atoms with E-state index in [1.165, 1.54) is 11.1 Å². The minimum absolute atomic E-state index is 0.0259. The quantitative estimate of drug-likeness (QED) is 0.882. The highest BCUT2D eigenvalue weighted by molar-refractivity contribution is 9.10. The van der Waals surface area contributed by atoms with Gasteiger partial charge in [0.2, 0.25) is 0 Å². The Bertz CT molecular complexity index is 602. The minimum atomic E-state index is -0.198. The molecule has 0 aliphatic carbocycles. The standard InChI is InChI=1S/C12H11BrN4OS/c13-7-1-2-11-8(5-7)9(3-4-19-11)15-12(18)10-6-14-17-16-10/h1-2,5-6,9H,3-4H2,(H,15,18)(H,14,16,17)/t9-/m0/s1. The molecule has 0 saturated carbocycles. The number of amides is 1. The minimum Gasteiger partial charge on any atom is -0.344 e. The van der Waals surface area contributed by atoms with E-state index in [0.717, 1.165) is 22.2 Å². The zero-order valence-corrected chi connectivity index (χ0v) is 12.3. The maximum Gasteiger partial charge on any atom is 0.273 e. The number of rotatable bonds is 2. The Morgan fingerprint density at radius 2 is 2.42 bits per heavy atom. The molecule has 0 saturated heterocycles. The van der Waals surface area contributed by atoms with Gasteiger partial charge in [-0.25, -0.2) is 0 Å². The smallest absolute Gasteiger partial charge is 0.273 e. The van der Waals surface area contributed by atoms with Crippen LogP contribution in [0.3, 0.4) is 0 Å². The second-order valence-corrected chi connectivity index (χ2v) is 6.25. The van der Waals surface area contributed by atoms with Gasteiger partial charge in [0.15, 0.2) is 5.69 Å². The monoisotopic (exact) mass is 338 g/mol. The summed E-state index contributed by atoms with van der Waals surface area (Å²) in [6, 6.07) is 6.19. The van der Waals surface area contributed by atoms with E-state index in [0.29, 0.717) is 5.69 Å². The summed E-state index contributed by atoms with van der Waals surface area (Å²) in [4.78, 5) is 13.2. The van der Waals surface area contributed by atoms with E-state index in [2.05, 4.69) is 48.8 Å². The van der Waals surface area contributed by atoms with Crippen molar-refractivity contribution in [3.63, 3.8) is 0 Å². The molecule has 0 unspecified atom stereocenters. The van der Waals surface area contributed by atoms with Crippen LogP contribution in [0.15, 0.2) is 33.8 Å². The number of thioether (sulfide) groups is 1. The SMILES string of the molecule is O=C(N[C@H]1CCSc2ccc(Br)cc21)c1cn[nH]n1. The Hall–Kier alpha value is -1.34. The Balaban J connectivity index is 1.84. The van der Waals surface area contributed by atoms with Gasteiger partial charge in [-0.3, -0.25) is 4.79 Å². The highest BCUT2D eigenvalue weighted by atomic mass is 79.9. The Labute approximate surface area is 122 Å². The third-order valence-electron chi connectivity index (χ3n) is 2.96. The van der Waals surface area contributed by atoms with E-state index < -0.39 is 0 Å². The lowest BCUT2D eigenvalue weighted by Crippen LogP contribution is -2.30. The molecule has 0 radical (unpaired) electrons. The van der Waals surface area contributed by atoms with Crippen molar-refractivity contribution < 1.29 is 4.79 Å². The lowest BCUT2D eigenvalue weighted by Gasteiger charge is -2.25. The van der Waals surface area contributed by atoms with Crippen LogP contribution in [-0.2, 0) is 0 Å². The van der Waals surface area contributed by atoms with Gasteiger partial charge in [-0.15, -0.1) is 11.8 Å². The van der Waals surface area contributed by atoms with Crippen molar-refractivity contribution in [2.45, 2.75) is 17.4 Å². The first kappa shape index (κ1) is 12.7. The predicted octanol–water partition coefficient (Wildman–Crippen LogP) is 2.53. The number of hydrogen-bond donors (Lipinski definition) is 2. The summed E-state index contributed by atoms with van der Waals surface area (Å²) in [7, 11) is 0. The molecule has 1 aliphatic rings. The summed E-state index contributed by atoms with van der Waals surface area (Å²) >= 11 is 5.29. The maximum absolute atomic E-state index is 12.0. The van der Waals surface area contributed by atoms with Crippen molar-refractivity contribution in [1.82, 2.24) is 20.7 Å². The molecular weight excluding hydrogens is 328 g/mol. The van der Waals surface area contributed by atoms with E-state index >= 15 is 0 Å². The first-order valence-corrected chi connectivity index (χ1v) is 7.61. The Kier molecular flexibility index (Phi) is 3.56. The largest absolute Gasteiger partial charge is 0.344 e. The van der Waals surface area contributed by atoms with Crippen LogP contribution in [0.5, 0.6) is 0 Å². The number of carbonyl (C=O) groups is 1. The molecule has 1 amide bonds. The van der Waals surface area contributed by atoms with Crippen molar-refractivity contribution in [2.24, 2.45) is 0 Å². The van der Waals surface area contributed by atoms with Crippen molar-refractivity contribution in [2.75, 3.05) is 5.75 Å². The highest BCUT2D eigenvalue weighted by Gasteiger charge is 2.23. The summed E-state index contributed by atoms with van der Waals surface area (Å²) in [6.07, 6.45) is 2.34. The van der Waals surface area contributed by atoms with Crippen molar-refractivity contribution in [3.8, 4) is 0 Å². The van der Waals surface area contributed by atoms with E-state index in [1.807, 2.05) is 17.8 Å². The molecule has 0 spiro atoms. The highest BCUT2D eigenvalue weighted by Crippen LogP contribution is 2.37. The number of hydrogen-bond acceptors (Lipinski definition) is 4. The van der Waals surface area contributed by atoms with Gasteiger partial charge in [-0.1, -0.05) is 15.9 Å². The zero-order chi connectivity index (χ0) is 13.2. The fraction of sp³-hybridized carbons (Fsp3) is 0.250. The molecule has 1 aromatic heterocycles. The average Bonchev–Trinajstić information content (AvgIpc) is 2.93. The van der Waals surface area contributed by atoms with E-state index in [1.54, 1.807) is 0 Å². The van der Waals surface area contributed by atoms with Gasteiger partial charge in [0.25, 0.3) is 5.91 Å².